The molecule has 82 valence electrons. The van der Waals surface area contributed by atoms with Crippen molar-refractivity contribution in [2.75, 3.05) is 26.7 Å². The predicted molar refractivity (Wildman–Crippen MR) is 55.1 cm³/mol. The van der Waals surface area contributed by atoms with Crippen LogP contribution in [0.2, 0.25) is 0 Å². The van der Waals surface area contributed by atoms with E-state index < -0.39 is 5.54 Å². The Bertz CT molecular complexity index is 204. The van der Waals surface area contributed by atoms with Gasteiger partial charge in [-0.15, -0.1) is 0 Å². The van der Waals surface area contributed by atoms with E-state index in [1.807, 2.05) is 6.92 Å². The molecule has 0 bridgehead atoms. The first-order valence-corrected chi connectivity index (χ1v) is 5.21. The number of piperidine rings is 1. The van der Waals surface area contributed by atoms with Crippen LogP contribution in [0.25, 0.3) is 0 Å². The Labute approximate surface area is 85.4 Å². The first-order valence-electron chi connectivity index (χ1n) is 5.21. The molecule has 2 atom stereocenters. The van der Waals surface area contributed by atoms with E-state index in [9.17, 15) is 4.79 Å². The number of methoxy groups -OCH3 is 1. The van der Waals surface area contributed by atoms with Gasteiger partial charge < -0.3 is 15.4 Å². The molecule has 0 aromatic carbocycles. The van der Waals surface area contributed by atoms with Gasteiger partial charge in [0.05, 0.1) is 7.11 Å². The van der Waals surface area contributed by atoms with Gasteiger partial charge >= 0.3 is 5.97 Å². The first-order chi connectivity index (χ1) is 6.67. The molecule has 0 aliphatic carbocycles. The number of esters is 1. The third kappa shape index (κ3) is 1.91. The van der Waals surface area contributed by atoms with Crippen molar-refractivity contribution in [1.29, 1.82) is 0 Å². The Morgan fingerprint density at radius 3 is 2.93 bits per heavy atom. The number of carbonyl (C=O) groups is 1. The van der Waals surface area contributed by atoms with Crippen LogP contribution in [0.5, 0.6) is 0 Å². The van der Waals surface area contributed by atoms with Gasteiger partial charge in [0.25, 0.3) is 0 Å². The van der Waals surface area contributed by atoms with Crippen molar-refractivity contribution in [3.05, 3.63) is 0 Å². The highest BCUT2D eigenvalue weighted by Crippen LogP contribution is 2.25. The second-order valence-corrected chi connectivity index (χ2v) is 3.85. The molecule has 0 radical (unpaired) electrons. The molecule has 14 heavy (non-hydrogen) atoms. The van der Waals surface area contributed by atoms with Crippen molar-refractivity contribution in [3.63, 3.8) is 0 Å². The molecule has 1 aliphatic rings. The second-order valence-electron chi connectivity index (χ2n) is 3.85. The standard InChI is InChI=1S/C10H20N2O2/c1-4-12-10(9(13)14-3)5-6-11-7-8(10)2/h8,11-12H,4-7H2,1-3H3. The van der Waals surface area contributed by atoms with Crippen molar-refractivity contribution in [2.45, 2.75) is 25.8 Å². The summed E-state index contributed by atoms with van der Waals surface area (Å²) in [5, 5.41) is 6.56. The Morgan fingerprint density at radius 2 is 2.43 bits per heavy atom. The summed E-state index contributed by atoms with van der Waals surface area (Å²) in [5.41, 5.74) is -0.477. The topological polar surface area (TPSA) is 50.4 Å². The third-order valence-corrected chi connectivity index (χ3v) is 3.03. The summed E-state index contributed by atoms with van der Waals surface area (Å²) in [6.07, 6.45) is 0.800. The van der Waals surface area contributed by atoms with Gasteiger partial charge in [-0.3, -0.25) is 4.79 Å². The summed E-state index contributed by atoms with van der Waals surface area (Å²) in [6.45, 7) is 6.61. The van der Waals surface area contributed by atoms with Crippen LogP contribution in [0, 0.1) is 5.92 Å². The molecule has 2 N–H and O–H groups in total. The Hall–Kier alpha value is -0.610. The monoisotopic (exact) mass is 200 g/mol. The van der Waals surface area contributed by atoms with Gasteiger partial charge in [0.1, 0.15) is 5.54 Å². The normalized spacial score (nSPS) is 32.6. The van der Waals surface area contributed by atoms with Crippen LogP contribution in [-0.4, -0.2) is 38.3 Å². The summed E-state index contributed by atoms with van der Waals surface area (Å²) >= 11 is 0. The van der Waals surface area contributed by atoms with Gasteiger partial charge in [0, 0.05) is 6.54 Å². The largest absolute Gasteiger partial charge is 0.468 e. The van der Waals surface area contributed by atoms with Crippen LogP contribution < -0.4 is 10.6 Å². The number of nitrogens with one attached hydrogen (secondary N) is 2. The number of rotatable bonds is 3. The molecule has 1 rings (SSSR count). The summed E-state index contributed by atoms with van der Waals surface area (Å²) in [5.74, 6) is 0.136. The molecule has 0 spiro atoms. The number of hydrogen-bond acceptors (Lipinski definition) is 4. The maximum Gasteiger partial charge on any atom is 0.326 e. The zero-order valence-electron chi connectivity index (χ0n) is 9.22. The molecular weight excluding hydrogens is 180 g/mol. The van der Waals surface area contributed by atoms with Crippen molar-refractivity contribution in [1.82, 2.24) is 10.6 Å². The van der Waals surface area contributed by atoms with Crippen LogP contribution in [0.1, 0.15) is 20.3 Å². The van der Waals surface area contributed by atoms with E-state index in [1.54, 1.807) is 0 Å². The lowest BCUT2D eigenvalue weighted by molar-refractivity contribution is -0.152. The lowest BCUT2D eigenvalue weighted by Crippen LogP contribution is -2.63. The maximum atomic E-state index is 11.8. The van der Waals surface area contributed by atoms with E-state index in [0.717, 1.165) is 26.1 Å². The van der Waals surface area contributed by atoms with Crippen molar-refractivity contribution in [2.24, 2.45) is 5.92 Å². The fourth-order valence-corrected chi connectivity index (χ4v) is 2.16. The number of hydrogen-bond donors (Lipinski definition) is 2. The maximum absolute atomic E-state index is 11.8. The van der Waals surface area contributed by atoms with Crippen LogP contribution in [0.3, 0.4) is 0 Å². The number of ether oxygens (including phenoxy) is 1. The van der Waals surface area contributed by atoms with E-state index in [-0.39, 0.29) is 11.9 Å². The molecule has 1 aliphatic heterocycles. The zero-order chi connectivity index (χ0) is 10.6. The molecule has 0 aromatic rings. The van der Waals surface area contributed by atoms with Crippen LogP contribution in [-0.2, 0) is 9.53 Å². The van der Waals surface area contributed by atoms with Gasteiger partial charge in [-0.05, 0) is 25.4 Å². The summed E-state index contributed by atoms with van der Waals surface area (Å²) in [7, 11) is 1.45. The summed E-state index contributed by atoms with van der Waals surface area (Å²) in [6, 6.07) is 0. The molecule has 1 saturated heterocycles. The zero-order valence-corrected chi connectivity index (χ0v) is 9.22. The van der Waals surface area contributed by atoms with Gasteiger partial charge in [-0.2, -0.15) is 0 Å². The van der Waals surface area contributed by atoms with Crippen LogP contribution in [0.4, 0.5) is 0 Å². The van der Waals surface area contributed by atoms with E-state index in [1.165, 1.54) is 7.11 Å². The van der Waals surface area contributed by atoms with Crippen molar-refractivity contribution >= 4 is 5.97 Å². The molecule has 1 fully saturated rings. The van der Waals surface area contributed by atoms with Crippen LogP contribution in [0.15, 0.2) is 0 Å². The lowest BCUT2D eigenvalue weighted by Gasteiger charge is -2.40. The molecular formula is C10H20N2O2. The van der Waals surface area contributed by atoms with E-state index in [0.29, 0.717) is 0 Å². The Kier molecular flexibility index (Phi) is 3.89. The fraction of sp³-hybridized carbons (Fsp3) is 0.900. The minimum absolute atomic E-state index is 0.131. The minimum atomic E-state index is -0.477. The van der Waals surface area contributed by atoms with E-state index in [2.05, 4.69) is 17.6 Å². The minimum Gasteiger partial charge on any atom is -0.468 e. The highest BCUT2D eigenvalue weighted by Gasteiger charge is 2.45. The SMILES string of the molecule is CCNC1(C(=O)OC)CCNCC1C. The Balaban J connectivity index is 2.82. The first kappa shape index (κ1) is 11.5. The molecule has 4 nitrogen and oxygen atoms in total. The molecule has 0 saturated carbocycles. The smallest absolute Gasteiger partial charge is 0.326 e. The number of likely N-dealkylation sites (N-methyl/N-ethyl adjacent to an activating group) is 1. The summed E-state index contributed by atoms with van der Waals surface area (Å²) in [4.78, 5) is 11.8. The molecule has 4 heteroatoms. The van der Waals surface area contributed by atoms with E-state index >= 15 is 0 Å². The lowest BCUT2D eigenvalue weighted by atomic mass is 9.79. The second kappa shape index (κ2) is 4.75. The molecule has 0 aromatic heterocycles. The van der Waals surface area contributed by atoms with Gasteiger partial charge in [0.15, 0.2) is 0 Å². The average molecular weight is 200 g/mol. The summed E-state index contributed by atoms with van der Waals surface area (Å²) < 4.78 is 4.89. The Morgan fingerprint density at radius 1 is 1.71 bits per heavy atom. The highest BCUT2D eigenvalue weighted by atomic mass is 16.5. The van der Waals surface area contributed by atoms with Crippen molar-refractivity contribution < 1.29 is 9.53 Å². The van der Waals surface area contributed by atoms with Gasteiger partial charge in [0.2, 0.25) is 0 Å². The quantitative estimate of drug-likeness (QED) is 0.636. The average Bonchev–Trinajstić information content (AvgIpc) is 2.20. The third-order valence-electron chi connectivity index (χ3n) is 3.03. The van der Waals surface area contributed by atoms with Gasteiger partial charge in [-0.25, -0.2) is 0 Å². The molecule has 2 unspecified atom stereocenters. The van der Waals surface area contributed by atoms with E-state index in [4.69, 9.17) is 4.74 Å². The van der Waals surface area contributed by atoms with Gasteiger partial charge in [-0.1, -0.05) is 13.8 Å². The molecule has 1 heterocycles. The molecule has 0 amide bonds. The van der Waals surface area contributed by atoms with Crippen molar-refractivity contribution in [3.8, 4) is 0 Å². The highest BCUT2D eigenvalue weighted by molar-refractivity contribution is 5.81. The van der Waals surface area contributed by atoms with Crippen LogP contribution >= 0.6 is 0 Å². The fourth-order valence-electron chi connectivity index (χ4n) is 2.16. The number of carbonyl (C=O) groups excluding carboxylic acids is 1. The predicted octanol–water partition coefficient (Wildman–Crippen LogP) is 0.137.